The van der Waals surface area contributed by atoms with Crippen LogP contribution in [-0.4, -0.2) is 43.8 Å². The third-order valence-electron chi connectivity index (χ3n) is 3.75. The number of methoxy groups -OCH3 is 1. The van der Waals surface area contributed by atoms with Gasteiger partial charge in [0.25, 0.3) is 0 Å². The van der Waals surface area contributed by atoms with E-state index >= 15 is 0 Å². The maximum atomic E-state index is 6.09. The van der Waals surface area contributed by atoms with Gasteiger partial charge >= 0.3 is 0 Å². The first-order chi connectivity index (χ1) is 9.58. The van der Waals surface area contributed by atoms with E-state index in [1.165, 1.54) is 6.42 Å². The van der Waals surface area contributed by atoms with Crippen molar-refractivity contribution in [2.45, 2.75) is 32.0 Å². The molecular formula is C15H22Cl2N2O. The van der Waals surface area contributed by atoms with Crippen molar-refractivity contribution < 1.29 is 4.74 Å². The van der Waals surface area contributed by atoms with Crippen LogP contribution in [0.1, 0.15) is 18.9 Å². The lowest BCUT2D eigenvalue weighted by molar-refractivity contribution is 0.0592. The molecule has 0 aliphatic carbocycles. The van der Waals surface area contributed by atoms with E-state index in [9.17, 15) is 0 Å². The Labute approximate surface area is 131 Å². The highest BCUT2D eigenvalue weighted by atomic mass is 35.5. The van der Waals surface area contributed by atoms with Crippen molar-refractivity contribution in [3.05, 3.63) is 33.8 Å². The van der Waals surface area contributed by atoms with E-state index < -0.39 is 0 Å². The molecule has 3 nitrogen and oxygen atoms in total. The van der Waals surface area contributed by atoms with Gasteiger partial charge < -0.3 is 10.1 Å². The number of nitrogens with zero attached hydrogens (tertiary/aromatic N) is 1. The van der Waals surface area contributed by atoms with E-state index in [2.05, 4.69) is 17.1 Å². The third kappa shape index (κ3) is 4.61. The van der Waals surface area contributed by atoms with Crippen molar-refractivity contribution in [1.29, 1.82) is 0 Å². The monoisotopic (exact) mass is 316 g/mol. The van der Waals surface area contributed by atoms with Gasteiger partial charge in [-0.2, -0.15) is 0 Å². The number of hydrogen-bond donors (Lipinski definition) is 1. The standard InChI is InChI=1S/C15H22Cl2N2O/c1-11(20-2)9-19(15-3-4-18-8-15)10-12-5-13(16)7-14(17)6-12/h5-7,11,15,18H,3-4,8-10H2,1-2H3. The van der Waals surface area contributed by atoms with Gasteiger partial charge in [0.2, 0.25) is 0 Å². The summed E-state index contributed by atoms with van der Waals surface area (Å²) in [4.78, 5) is 2.45. The number of rotatable bonds is 6. The normalized spacial score (nSPS) is 20.6. The largest absolute Gasteiger partial charge is 0.380 e. The summed E-state index contributed by atoms with van der Waals surface area (Å²) in [5.41, 5.74) is 1.15. The molecule has 20 heavy (non-hydrogen) atoms. The second-order valence-corrected chi connectivity index (χ2v) is 6.27. The van der Waals surface area contributed by atoms with Gasteiger partial charge in [-0.1, -0.05) is 23.2 Å². The maximum Gasteiger partial charge on any atom is 0.0670 e. The van der Waals surface area contributed by atoms with Crippen molar-refractivity contribution in [3.8, 4) is 0 Å². The highest BCUT2D eigenvalue weighted by Crippen LogP contribution is 2.22. The minimum absolute atomic E-state index is 0.213. The Balaban J connectivity index is 2.09. The Bertz CT molecular complexity index is 416. The zero-order valence-electron chi connectivity index (χ0n) is 12.0. The fraction of sp³-hybridized carbons (Fsp3) is 0.600. The van der Waals surface area contributed by atoms with Crippen LogP contribution in [0.4, 0.5) is 0 Å². The number of ether oxygens (including phenoxy) is 1. The van der Waals surface area contributed by atoms with Crippen LogP contribution in [0.5, 0.6) is 0 Å². The van der Waals surface area contributed by atoms with Gasteiger partial charge in [0.05, 0.1) is 6.10 Å². The number of nitrogens with one attached hydrogen (secondary N) is 1. The molecule has 0 saturated carbocycles. The molecule has 0 spiro atoms. The molecular weight excluding hydrogens is 295 g/mol. The van der Waals surface area contributed by atoms with Crippen LogP contribution in [0.15, 0.2) is 18.2 Å². The first-order valence-electron chi connectivity index (χ1n) is 7.01. The van der Waals surface area contributed by atoms with Crippen LogP contribution >= 0.6 is 23.2 Å². The second-order valence-electron chi connectivity index (χ2n) is 5.40. The zero-order chi connectivity index (χ0) is 14.5. The van der Waals surface area contributed by atoms with Gasteiger partial charge in [-0.15, -0.1) is 0 Å². The molecule has 5 heteroatoms. The molecule has 1 N–H and O–H groups in total. The molecule has 1 aromatic rings. The average Bonchev–Trinajstić information content (AvgIpc) is 2.90. The molecule has 1 aromatic carbocycles. The van der Waals surface area contributed by atoms with Crippen LogP contribution in [0.3, 0.4) is 0 Å². The highest BCUT2D eigenvalue weighted by molar-refractivity contribution is 6.34. The summed E-state index contributed by atoms with van der Waals surface area (Å²) in [5, 5.41) is 4.80. The number of halogens is 2. The van der Waals surface area contributed by atoms with Crippen molar-refractivity contribution in [3.63, 3.8) is 0 Å². The molecule has 1 aliphatic heterocycles. The molecule has 112 valence electrons. The molecule has 0 amide bonds. The first-order valence-corrected chi connectivity index (χ1v) is 7.76. The molecule has 0 radical (unpaired) electrons. The van der Waals surface area contributed by atoms with Crippen molar-refractivity contribution in [2.24, 2.45) is 0 Å². The van der Waals surface area contributed by atoms with Gasteiger partial charge in [0.15, 0.2) is 0 Å². The summed E-state index contributed by atoms with van der Waals surface area (Å²) >= 11 is 12.2. The van der Waals surface area contributed by atoms with E-state index in [0.29, 0.717) is 16.1 Å². The summed E-state index contributed by atoms with van der Waals surface area (Å²) in [6.07, 6.45) is 1.38. The van der Waals surface area contributed by atoms with Crippen molar-refractivity contribution >= 4 is 23.2 Å². The summed E-state index contributed by atoms with van der Waals surface area (Å²) in [5.74, 6) is 0. The molecule has 0 bridgehead atoms. The minimum Gasteiger partial charge on any atom is -0.380 e. The van der Waals surface area contributed by atoms with Gasteiger partial charge in [-0.05, 0) is 43.7 Å². The van der Waals surface area contributed by atoms with Gasteiger partial charge in [-0.25, -0.2) is 0 Å². The van der Waals surface area contributed by atoms with E-state index in [-0.39, 0.29) is 6.10 Å². The van der Waals surface area contributed by atoms with Crippen LogP contribution in [-0.2, 0) is 11.3 Å². The maximum absolute atomic E-state index is 6.09. The topological polar surface area (TPSA) is 24.5 Å². The van der Waals surface area contributed by atoms with E-state index in [1.54, 1.807) is 13.2 Å². The fourth-order valence-corrected chi connectivity index (χ4v) is 3.21. The second kappa shape index (κ2) is 7.62. The molecule has 2 atom stereocenters. The van der Waals surface area contributed by atoms with E-state index in [1.807, 2.05) is 12.1 Å². The van der Waals surface area contributed by atoms with Gasteiger partial charge in [0, 0.05) is 42.8 Å². The Morgan fingerprint density at radius 3 is 2.60 bits per heavy atom. The Morgan fingerprint density at radius 1 is 1.35 bits per heavy atom. The fourth-order valence-electron chi connectivity index (χ4n) is 2.64. The molecule has 1 fully saturated rings. The quantitative estimate of drug-likeness (QED) is 0.872. The van der Waals surface area contributed by atoms with Crippen LogP contribution in [0.25, 0.3) is 0 Å². The van der Waals surface area contributed by atoms with Crippen LogP contribution in [0.2, 0.25) is 10.0 Å². The molecule has 2 unspecified atom stereocenters. The Morgan fingerprint density at radius 2 is 2.05 bits per heavy atom. The number of benzene rings is 1. The lowest BCUT2D eigenvalue weighted by atomic mass is 10.1. The van der Waals surface area contributed by atoms with Crippen molar-refractivity contribution in [1.82, 2.24) is 10.2 Å². The smallest absolute Gasteiger partial charge is 0.0670 e. The van der Waals surface area contributed by atoms with Crippen molar-refractivity contribution in [2.75, 3.05) is 26.7 Å². The predicted octanol–water partition coefficient (Wildman–Crippen LogP) is 3.19. The van der Waals surface area contributed by atoms with Gasteiger partial charge in [0.1, 0.15) is 0 Å². The summed E-state index contributed by atoms with van der Waals surface area (Å²) in [7, 11) is 1.76. The molecule has 2 rings (SSSR count). The van der Waals surface area contributed by atoms with E-state index in [4.69, 9.17) is 27.9 Å². The minimum atomic E-state index is 0.213. The van der Waals surface area contributed by atoms with Gasteiger partial charge in [-0.3, -0.25) is 4.90 Å². The highest BCUT2D eigenvalue weighted by Gasteiger charge is 2.24. The summed E-state index contributed by atoms with van der Waals surface area (Å²) in [6.45, 7) is 5.97. The predicted molar refractivity (Wildman–Crippen MR) is 84.6 cm³/mol. The lowest BCUT2D eigenvalue weighted by Gasteiger charge is -2.30. The molecule has 1 aliphatic rings. The van der Waals surface area contributed by atoms with E-state index in [0.717, 1.165) is 31.7 Å². The molecule has 1 heterocycles. The Hall–Kier alpha value is -0.320. The van der Waals surface area contributed by atoms with Crippen LogP contribution < -0.4 is 5.32 Å². The summed E-state index contributed by atoms with van der Waals surface area (Å²) in [6, 6.07) is 6.29. The molecule has 1 saturated heterocycles. The average molecular weight is 317 g/mol. The van der Waals surface area contributed by atoms with Crippen LogP contribution in [0, 0.1) is 0 Å². The Kier molecular flexibility index (Phi) is 6.12. The molecule has 0 aromatic heterocycles. The lowest BCUT2D eigenvalue weighted by Crippen LogP contribution is -2.41. The SMILES string of the molecule is COC(C)CN(Cc1cc(Cl)cc(Cl)c1)C1CCNC1. The number of hydrogen-bond acceptors (Lipinski definition) is 3. The zero-order valence-corrected chi connectivity index (χ0v) is 13.5. The third-order valence-corrected chi connectivity index (χ3v) is 4.19. The first kappa shape index (κ1) is 16.1. The summed E-state index contributed by atoms with van der Waals surface area (Å²) < 4.78 is 5.41.